The van der Waals surface area contributed by atoms with E-state index in [9.17, 15) is 9.18 Å². The number of thioether (sulfide) groups is 1. The van der Waals surface area contributed by atoms with Gasteiger partial charge in [-0.2, -0.15) is 0 Å². The van der Waals surface area contributed by atoms with Gasteiger partial charge in [-0.3, -0.25) is 4.79 Å². The maximum absolute atomic E-state index is 12.6. The van der Waals surface area contributed by atoms with Crippen LogP contribution in [-0.4, -0.2) is 15.3 Å². The van der Waals surface area contributed by atoms with E-state index in [0.29, 0.717) is 9.90 Å². The standard InChI is InChI=1S/C10H7FN2OS2/c1-6-12-13-10(15-6)16-9(14)7-2-4-8(11)5-3-7/h2-5H,1H3. The third-order valence-electron chi connectivity index (χ3n) is 1.77. The molecule has 0 spiro atoms. The predicted molar refractivity (Wildman–Crippen MR) is 61.2 cm³/mol. The molecule has 1 heterocycles. The molecule has 0 saturated heterocycles. The third kappa shape index (κ3) is 2.65. The zero-order valence-corrected chi connectivity index (χ0v) is 9.94. The zero-order valence-electron chi connectivity index (χ0n) is 8.31. The van der Waals surface area contributed by atoms with Gasteiger partial charge in [0.05, 0.1) is 0 Å². The molecule has 0 radical (unpaired) electrons. The molecule has 1 aromatic carbocycles. The van der Waals surface area contributed by atoms with Gasteiger partial charge in [0, 0.05) is 5.56 Å². The van der Waals surface area contributed by atoms with Crippen LogP contribution in [0.3, 0.4) is 0 Å². The maximum Gasteiger partial charge on any atom is 0.226 e. The van der Waals surface area contributed by atoms with Gasteiger partial charge in [0.2, 0.25) is 5.12 Å². The lowest BCUT2D eigenvalue weighted by Crippen LogP contribution is -1.92. The van der Waals surface area contributed by atoms with E-state index in [1.54, 1.807) is 0 Å². The molecule has 0 aliphatic rings. The number of aryl methyl sites for hydroxylation is 1. The van der Waals surface area contributed by atoms with Crippen molar-refractivity contribution in [2.75, 3.05) is 0 Å². The number of aromatic nitrogens is 2. The molecule has 0 amide bonds. The Morgan fingerprint density at radius 2 is 2.00 bits per heavy atom. The van der Waals surface area contributed by atoms with Gasteiger partial charge in [-0.05, 0) is 43.0 Å². The first-order chi connectivity index (χ1) is 7.65. The van der Waals surface area contributed by atoms with Gasteiger partial charge in [-0.25, -0.2) is 4.39 Å². The molecule has 3 nitrogen and oxygen atoms in total. The van der Waals surface area contributed by atoms with Gasteiger partial charge in [0.1, 0.15) is 10.8 Å². The number of halogens is 1. The van der Waals surface area contributed by atoms with Gasteiger partial charge in [0.25, 0.3) is 0 Å². The van der Waals surface area contributed by atoms with Crippen LogP contribution in [0, 0.1) is 12.7 Å². The Kier molecular flexibility index (Phi) is 3.31. The fraction of sp³-hybridized carbons (Fsp3) is 0.100. The fourth-order valence-corrected chi connectivity index (χ4v) is 2.71. The Morgan fingerprint density at radius 3 is 2.56 bits per heavy atom. The van der Waals surface area contributed by atoms with Crippen LogP contribution in [-0.2, 0) is 0 Å². The van der Waals surface area contributed by atoms with Crippen LogP contribution in [0.5, 0.6) is 0 Å². The van der Waals surface area contributed by atoms with Crippen LogP contribution in [0.2, 0.25) is 0 Å². The fourth-order valence-electron chi connectivity index (χ4n) is 1.04. The van der Waals surface area contributed by atoms with E-state index in [2.05, 4.69) is 10.2 Å². The van der Waals surface area contributed by atoms with Crippen molar-refractivity contribution < 1.29 is 9.18 Å². The van der Waals surface area contributed by atoms with E-state index in [4.69, 9.17) is 0 Å². The highest BCUT2D eigenvalue weighted by Crippen LogP contribution is 2.25. The molecule has 82 valence electrons. The summed E-state index contributed by atoms with van der Waals surface area (Å²) >= 11 is 2.37. The minimum absolute atomic E-state index is 0.156. The van der Waals surface area contributed by atoms with Crippen molar-refractivity contribution in [2.24, 2.45) is 0 Å². The molecule has 0 aliphatic heterocycles. The maximum atomic E-state index is 12.6. The summed E-state index contributed by atoms with van der Waals surface area (Å²) in [7, 11) is 0. The zero-order chi connectivity index (χ0) is 11.5. The highest BCUT2D eigenvalue weighted by Gasteiger charge is 2.11. The van der Waals surface area contributed by atoms with Crippen molar-refractivity contribution in [2.45, 2.75) is 11.3 Å². The molecule has 0 atom stereocenters. The summed E-state index contributed by atoms with van der Waals surface area (Å²) in [5, 5.41) is 8.31. The number of carbonyl (C=O) groups excluding carboxylic acids is 1. The average molecular weight is 254 g/mol. The molecule has 0 bridgehead atoms. The van der Waals surface area contributed by atoms with Crippen LogP contribution in [0.4, 0.5) is 4.39 Å². The number of hydrogen-bond donors (Lipinski definition) is 0. The van der Waals surface area contributed by atoms with Gasteiger partial charge in [0.15, 0.2) is 4.34 Å². The molecular weight excluding hydrogens is 247 g/mol. The largest absolute Gasteiger partial charge is 0.281 e. The van der Waals surface area contributed by atoms with E-state index in [-0.39, 0.29) is 10.9 Å². The smallest absolute Gasteiger partial charge is 0.226 e. The summed E-state index contributed by atoms with van der Waals surface area (Å²) in [5.41, 5.74) is 0.458. The summed E-state index contributed by atoms with van der Waals surface area (Å²) in [6.45, 7) is 1.82. The van der Waals surface area contributed by atoms with Crippen molar-refractivity contribution >= 4 is 28.2 Å². The molecular formula is C10H7FN2OS2. The number of hydrogen-bond acceptors (Lipinski definition) is 5. The second-order valence-corrected chi connectivity index (χ2v) is 5.39. The molecule has 0 saturated carbocycles. The van der Waals surface area contributed by atoms with Crippen molar-refractivity contribution in [3.63, 3.8) is 0 Å². The quantitative estimate of drug-likeness (QED) is 0.773. The molecule has 0 aliphatic carbocycles. The van der Waals surface area contributed by atoms with E-state index < -0.39 is 0 Å². The molecule has 1 aromatic heterocycles. The summed E-state index contributed by atoms with van der Waals surface area (Å²) in [6, 6.07) is 5.44. The minimum Gasteiger partial charge on any atom is -0.281 e. The molecule has 0 N–H and O–H groups in total. The number of rotatable bonds is 2. The monoisotopic (exact) mass is 254 g/mol. The summed E-state index contributed by atoms with van der Waals surface area (Å²) in [5.74, 6) is -0.353. The van der Waals surface area contributed by atoms with Gasteiger partial charge >= 0.3 is 0 Å². The van der Waals surface area contributed by atoms with Crippen molar-refractivity contribution in [3.05, 3.63) is 40.7 Å². The van der Waals surface area contributed by atoms with Crippen molar-refractivity contribution in [3.8, 4) is 0 Å². The third-order valence-corrected chi connectivity index (χ3v) is 3.58. The summed E-state index contributed by atoms with van der Waals surface area (Å²) in [6.07, 6.45) is 0. The lowest BCUT2D eigenvalue weighted by atomic mass is 10.2. The molecule has 0 unspecified atom stereocenters. The highest BCUT2D eigenvalue weighted by atomic mass is 32.2. The second-order valence-electron chi connectivity index (χ2n) is 2.98. The van der Waals surface area contributed by atoms with Crippen LogP contribution in [0.25, 0.3) is 0 Å². The van der Waals surface area contributed by atoms with Crippen molar-refractivity contribution in [1.29, 1.82) is 0 Å². The minimum atomic E-state index is -0.353. The first-order valence-corrected chi connectivity index (χ1v) is 6.06. The Balaban J connectivity index is 2.11. The summed E-state index contributed by atoms with van der Waals surface area (Å²) in [4.78, 5) is 11.7. The first kappa shape index (κ1) is 11.2. The molecule has 6 heteroatoms. The molecule has 0 fully saturated rings. The van der Waals surface area contributed by atoms with E-state index >= 15 is 0 Å². The van der Waals surface area contributed by atoms with E-state index in [0.717, 1.165) is 16.8 Å². The Hall–Kier alpha value is -1.27. The lowest BCUT2D eigenvalue weighted by Gasteiger charge is -1.96. The van der Waals surface area contributed by atoms with E-state index in [1.807, 2.05) is 6.92 Å². The molecule has 2 aromatic rings. The van der Waals surface area contributed by atoms with Crippen LogP contribution in [0.1, 0.15) is 15.4 Å². The SMILES string of the molecule is Cc1nnc(SC(=O)c2ccc(F)cc2)s1. The van der Waals surface area contributed by atoms with Gasteiger partial charge < -0.3 is 0 Å². The second kappa shape index (κ2) is 4.71. The number of carbonyl (C=O) groups is 1. The Labute approximate surface area is 99.7 Å². The average Bonchev–Trinajstić information content (AvgIpc) is 2.65. The molecule has 2 rings (SSSR count). The van der Waals surface area contributed by atoms with Gasteiger partial charge in [-0.15, -0.1) is 10.2 Å². The van der Waals surface area contributed by atoms with Crippen LogP contribution < -0.4 is 0 Å². The first-order valence-electron chi connectivity index (χ1n) is 4.43. The Bertz CT molecular complexity index is 510. The topological polar surface area (TPSA) is 42.9 Å². The lowest BCUT2D eigenvalue weighted by molar-refractivity contribution is 0.108. The summed E-state index contributed by atoms with van der Waals surface area (Å²) < 4.78 is 13.2. The van der Waals surface area contributed by atoms with Gasteiger partial charge in [-0.1, -0.05) is 11.3 Å². The predicted octanol–water partition coefficient (Wildman–Crippen LogP) is 2.92. The van der Waals surface area contributed by atoms with Crippen molar-refractivity contribution in [1.82, 2.24) is 10.2 Å². The van der Waals surface area contributed by atoms with Crippen LogP contribution in [0.15, 0.2) is 28.6 Å². The number of nitrogens with zero attached hydrogens (tertiary/aromatic N) is 2. The van der Waals surface area contributed by atoms with Crippen LogP contribution >= 0.6 is 23.1 Å². The molecule has 16 heavy (non-hydrogen) atoms. The normalized spacial score (nSPS) is 10.4. The highest BCUT2D eigenvalue weighted by molar-refractivity contribution is 8.15. The number of benzene rings is 1. The van der Waals surface area contributed by atoms with E-state index in [1.165, 1.54) is 35.6 Å². The Morgan fingerprint density at radius 1 is 1.31 bits per heavy atom.